The van der Waals surface area contributed by atoms with Gasteiger partial charge in [-0.1, -0.05) is 23.7 Å². The van der Waals surface area contributed by atoms with Crippen molar-refractivity contribution < 1.29 is 0 Å². The van der Waals surface area contributed by atoms with Crippen molar-refractivity contribution in [3.05, 3.63) is 40.5 Å². The highest BCUT2D eigenvalue weighted by Gasteiger charge is 2.08. The van der Waals surface area contributed by atoms with E-state index < -0.39 is 0 Å². The first-order chi connectivity index (χ1) is 6.27. The van der Waals surface area contributed by atoms with Crippen LogP contribution in [0.4, 0.5) is 0 Å². The molecule has 0 aromatic heterocycles. The Hall–Kier alpha value is -1.08. The van der Waals surface area contributed by atoms with Gasteiger partial charge in [-0.25, -0.2) is 0 Å². The smallest absolute Gasteiger partial charge is 0.0412 e. The zero-order valence-corrected chi connectivity index (χ0v) is 8.17. The highest BCUT2D eigenvalue weighted by Crippen LogP contribution is 2.27. The summed E-state index contributed by atoms with van der Waals surface area (Å²) in [4.78, 5) is 4.24. The van der Waals surface area contributed by atoms with E-state index in [0.29, 0.717) is 0 Å². The van der Waals surface area contributed by atoms with Crippen LogP contribution in [-0.4, -0.2) is 6.21 Å². The topological polar surface area (TPSA) is 12.4 Å². The molecule has 0 spiro atoms. The Labute approximate surface area is 82.8 Å². The zero-order chi connectivity index (χ0) is 9.26. The van der Waals surface area contributed by atoms with Gasteiger partial charge in [-0.2, -0.15) is 0 Å². The van der Waals surface area contributed by atoms with Gasteiger partial charge in [-0.3, -0.25) is 4.99 Å². The van der Waals surface area contributed by atoms with Crippen molar-refractivity contribution in [2.24, 2.45) is 4.99 Å². The first kappa shape index (κ1) is 8.52. The number of rotatable bonds is 1. The van der Waals surface area contributed by atoms with Gasteiger partial charge in [-0.05, 0) is 30.2 Å². The van der Waals surface area contributed by atoms with Crippen LogP contribution < -0.4 is 0 Å². The summed E-state index contributed by atoms with van der Waals surface area (Å²) in [6, 6.07) is 7.90. The van der Waals surface area contributed by atoms with Gasteiger partial charge in [0.2, 0.25) is 0 Å². The Morgan fingerprint density at radius 1 is 1.38 bits per heavy atom. The number of nitrogens with zero attached hydrogens (tertiary/aromatic N) is 1. The van der Waals surface area contributed by atoms with Crippen molar-refractivity contribution in [2.75, 3.05) is 0 Å². The molecular formula is C11H10ClN. The van der Waals surface area contributed by atoms with Crippen LogP contribution in [0.1, 0.15) is 18.9 Å². The Morgan fingerprint density at radius 3 is 2.85 bits per heavy atom. The Balaban J connectivity index is 2.42. The van der Waals surface area contributed by atoms with Crippen molar-refractivity contribution in [1.82, 2.24) is 0 Å². The van der Waals surface area contributed by atoms with Crippen LogP contribution in [0.3, 0.4) is 0 Å². The van der Waals surface area contributed by atoms with Crippen molar-refractivity contribution in [2.45, 2.75) is 13.3 Å². The summed E-state index contributed by atoms with van der Waals surface area (Å²) < 4.78 is 0. The minimum absolute atomic E-state index is 0.782. The van der Waals surface area contributed by atoms with Crippen LogP contribution >= 0.6 is 11.6 Å². The molecule has 2 rings (SSSR count). The van der Waals surface area contributed by atoms with E-state index >= 15 is 0 Å². The number of benzene rings is 1. The maximum atomic E-state index is 5.91. The monoisotopic (exact) mass is 191 g/mol. The molecule has 0 N–H and O–H groups in total. The second-order valence-electron chi connectivity index (χ2n) is 3.09. The Morgan fingerprint density at radius 2 is 2.23 bits per heavy atom. The molecule has 1 heterocycles. The molecule has 2 heteroatoms. The van der Waals surface area contributed by atoms with E-state index in [-0.39, 0.29) is 0 Å². The van der Waals surface area contributed by atoms with Gasteiger partial charge in [0.1, 0.15) is 0 Å². The lowest BCUT2D eigenvalue weighted by Gasteiger charge is -2.02. The second kappa shape index (κ2) is 3.35. The third-order valence-electron chi connectivity index (χ3n) is 2.19. The molecular weight excluding hydrogens is 182 g/mol. The molecule has 1 aliphatic heterocycles. The summed E-state index contributed by atoms with van der Waals surface area (Å²) in [5.41, 5.74) is 3.56. The number of aliphatic imine (C=N–C) groups is 1. The summed E-state index contributed by atoms with van der Waals surface area (Å²) in [6.45, 7) is 2.03. The largest absolute Gasteiger partial charge is 0.265 e. The van der Waals surface area contributed by atoms with E-state index in [1.807, 2.05) is 31.3 Å². The Kier molecular flexibility index (Phi) is 2.19. The van der Waals surface area contributed by atoms with Crippen LogP contribution in [0.5, 0.6) is 0 Å². The van der Waals surface area contributed by atoms with Crippen LogP contribution in [0.25, 0.3) is 5.57 Å². The normalized spacial score (nSPS) is 15.5. The average molecular weight is 192 g/mol. The molecule has 0 amide bonds. The van der Waals surface area contributed by atoms with Gasteiger partial charge in [-0.15, -0.1) is 0 Å². The predicted octanol–water partition coefficient (Wildman–Crippen LogP) is 3.55. The van der Waals surface area contributed by atoms with Crippen LogP contribution in [0.2, 0.25) is 5.02 Å². The second-order valence-corrected chi connectivity index (χ2v) is 3.53. The fourth-order valence-corrected chi connectivity index (χ4v) is 1.69. The summed E-state index contributed by atoms with van der Waals surface area (Å²) in [5.74, 6) is 0. The lowest BCUT2D eigenvalue weighted by molar-refractivity contribution is 1.34. The number of hydrogen-bond acceptors (Lipinski definition) is 1. The molecule has 0 radical (unpaired) electrons. The first-order valence-corrected chi connectivity index (χ1v) is 4.63. The fourth-order valence-electron chi connectivity index (χ4n) is 1.50. The molecule has 0 bridgehead atoms. The molecule has 0 atom stereocenters. The number of halogens is 1. The lowest BCUT2D eigenvalue weighted by Crippen LogP contribution is -1.83. The minimum atomic E-state index is 0.782. The summed E-state index contributed by atoms with van der Waals surface area (Å²) >= 11 is 5.91. The van der Waals surface area contributed by atoms with Gasteiger partial charge in [0, 0.05) is 23.4 Å². The highest BCUT2D eigenvalue weighted by molar-refractivity contribution is 6.30. The molecule has 66 valence electrons. The van der Waals surface area contributed by atoms with E-state index in [4.69, 9.17) is 11.6 Å². The maximum absolute atomic E-state index is 5.91. The molecule has 13 heavy (non-hydrogen) atoms. The van der Waals surface area contributed by atoms with Gasteiger partial charge in [0.25, 0.3) is 0 Å². The molecule has 1 aliphatic rings. The fraction of sp³-hybridized carbons (Fsp3) is 0.182. The molecule has 1 aromatic rings. The van der Waals surface area contributed by atoms with E-state index in [9.17, 15) is 0 Å². The SMILES string of the molecule is CC1=C(c2cccc(Cl)c2)CC=N1. The number of hydrogen-bond donors (Lipinski definition) is 0. The van der Waals surface area contributed by atoms with Crippen molar-refractivity contribution in [3.63, 3.8) is 0 Å². The quantitative estimate of drug-likeness (QED) is 0.644. The first-order valence-electron chi connectivity index (χ1n) is 4.25. The zero-order valence-electron chi connectivity index (χ0n) is 7.42. The summed E-state index contributed by atoms with van der Waals surface area (Å²) in [5, 5.41) is 0.782. The maximum Gasteiger partial charge on any atom is 0.0412 e. The summed E-state index contributed by atoms with van der Waals surface area (Å²) in [6.07, 6.45) is 2.86. The molecule has 1 nitrogen and oxygen atoms in total. The lowest BCUT2D eigenvalue weighted by atomic mass is 10.0. The van der Waals surface area contributed by atoms with Gasteiger partial charge in [0.15, 0.2) is 0 Å². The standard InChI is InChI=1S/C11H10ClN/c1-8-11(5-6-13-8)9-3-2-4-10(12)7-9/h2-4,6-7H,5H2,1H3. The molecule has 0 aliphatic carbocycles. The van der Waals surface area contributed by atoms with Gasteiger partial charge < -0.3 is 0 Å². The van der Waals surface area contributed by atoms with Gasteiger partial charge >= 0.3 is 0 Å². The summed E-state index contributed by atoms with van der Waals surface area (Å²) in [7, 11) is 0. The molecule has 0 fully saturated rings. The van der Waals surface area contributed by atoms with Crippen molar-refractivity contribution >= 4 is 23.4 Å². The third-order valence-corrected chi connectivity index (χ3v) is 2.43. The minimum Gasteiger partial charge on any atom is -0.265 e. The van der Waals surface area contributed by atoms with Crippen LogP contribution in [0, 0.1) is 0 Å². The van der Waals surface area contributed by atoms with Crippen molar-refractivity contribution in [3.8, 4) is 0 Å². The van der Waals surface area contributed by atoms with E-state index in [0.717, 1.165) is 17.1 Å². The van der Waals surface area contributed by atoms with Crippen LogP contribution in [0.15, 0.2) is 35.0 Å². The number of allylic oxidation sites excluding steroid dienone is 2. The van der Waals surface area contributed by atoms with E-state index in [1.165, 1.54) is 11.1 Å². The molecule has 0 saturated carbocycles. The van der Waals surface area contributed by atoms with Gasteiger partial charge in [0.05, 0.1) is 0 Å². The third kappa shape index (κ3) is 1.65. The molecule has 1 aromatic carbocycles. The molecule has 0 unspecified atom stereocenters. The van der Waals surface area contributed by atoms with E-state index in [2.05, 4.69) is 11.1 Å². The Bertz CT molecular complexity index is 391. The highest BCUT2D eigenvalue weighted by atomic mass is 35.5. The average Bonchev–Trinajstić information content (AvgIpc) is 2.51. The van der Waals surface area contributed by atoms with E-state index in [1.54, 1.807) is 0 Å². The predicted molar refractivity (Wildman–Crippen MR) is 57.2 cm³/mol. The van der Waals surface area contributed by atoms with Crippen LogP contribution in [-0.2, 0) is 0 Å². The van der Waals surface area contributed by atoms with Crippen molar-refractivity contribution in [1.29, 1.82) is 0 Å². The molecule has 0 saturated heterocycles.